The first-order valence-electron chi connectivity index (χ1n) is 17.0. The number of hydrogen-bond donors (Lipinski definition) is 2. The zero-order valence-electron chi connectivity index (χ0n) is 29.3. The Morgan fingerprint density at radius 3 is 1.96 bits per heavy atom. The Bertz CT molecular complexity index is 1580. The lowest BCUT2D eigenvalue weighted by Gasteiger charge is -2.32. The number of ether oxygens (including phenoxy) is 2. The number of carbonyl (C=O) groups is 5. The average Bonchev–Trinajstić information content (AvgIpc) is 3.55. The molecule has 11 nitrogen and oxygen atoms in total. The molecule has 0 aromatic heterocycles. The quantitative estimate of drug-likeness (QED) is 0.297. The van der Waals surface area contributed by atoms with Crippen LogP contribution in [0.25, 0.3) is 0 Å². The zero-order valence-corrected chi connectivity index (χ0v) is 29.3. The number of carbonyl (C=O) groups excluding carboxylic acids is 5. The van der Waals surface area contributed by atoms with Gasteiger partial charge in [-0.25, -0.2) is 0 Å². The van der Waals surface area contributed by atoms with E-state index in [-0.39, 0.29) is 31.0 Å². The van der Waals surface area contributed by atoms with E-state index in [0.29, 0.717) is 31.9 Å². The fourth-order valence-electron chi connectivity index (χ4n) is 5.95. The number of nitrogens with zero attached hydrogens (tertiary/aromatic N) is 2. The summed E-state index contributed by atoms with van der Waals surface area (Å²) in [5.41, 5.74) is 1.27. The van der Waals surface area contributed by atoms with Gasteiger partial charge in [-0.05, 0) is 41.7 Å². The lowest BCUT2D eigenvalue weighted by molar-refractivity contribution is -0.270. The second-order valence-corrected chi connectivity index (χ2v) is 13.5. The molecule has 2 unspecified atom stereocenters. The van der Waals surface area contributed by atoms with Gasteiger partial charge in [0.15, 0.2) is 0 Å². The van der Waals surface area contributed by atoms with E-state index in [1.807, 2.05) is 5.32 Å². The summed E-state index contributed by atoms with van der Waals surface area (Å²) in [5, 5.41) is 4.72. The summed E-state index contributed by atoms with van der Waals surface area (Å²) in [6.07, 6.45) is -7.13. The Morgan fingerprint density at radius 2 is 1.40 bits per heavy atom. The smallest absolute Gasteiger partial charge is 0.378 e. The van der Waals surface area contributed by atoms with Gasteiger partial charge in [-0.3, -0.25) is 24.0 Å². The fraction of sp³-hybridized carbons (Fsp3) is 0.528. The molecule has 0 bridgehead atoms. The first-order valence-corrected chi connectivity index (χ1v) is 17.0. The molecule has 0 aliphatic carbocycles. The second kappa shape index (κ2) is 16.9. The van der Waals surface area contributed by atoms with Gasteiger partial charge in [-0.2, -0.15) is 22.0 Å². The number of amides is 4. The van der Waals surface area contributed by atoms with Gasteiger partial charge < -0.3 is 29.9 Å². The van der Waals surface area contributed by atoms with E-state index in [1.165, 1.54) is 38.1 Å². The van der Waals surface area contributed by atoms with Crippen molar-refractivity contribution in [3.8, 4) is 0 Å². The summed E-state index contributed by atoms with van der Waals surface area (Å²) < 4.78 is 78.8. The fourth-order valence-corrected chi connectivity index (χ4v) is 5.95. The highest BCUT2D eigenvalue weighted by atomic mass is 19.4. The Morgan fingerprint density at radius 1 is 0.827 bits per heavy atom. The Kier molecular flexibility index (Phi) is 13.1. The van der Waals surface area contributed by atoms with Crippen LogP contribution in [0.5, 0.6) is 0 Å². The van der Waals surface area contributed by atoms with Gasteiger partial charge >= 0.3 is 12.1 Å². The number of benzene rings is 2. The first-order chi connectivity index (χ1) is 24.4. The average molecular weight is 739 g/mol. The van der Waals surface area contributed by atoms with E-state index in [9.17, 15) is 45.9 Å². The number of hydrogen-bond acceptors (Lipinski definition) is 7. The van der Waals surface area contributed by atoms with E-state index >= 15 is 0 Å². The molecule has 0 saturated carbocycles. The highest BCUT2D eigenvalue weighted by Crippen LogP contribution is 2.38. The summed E-state index contributed by atoms with van der Waals surface area (Å²) in [6, 6.07) is 9.90. The van der Waals surface area contributed by atoms with Gasteiger partial charge in [0.25, 0.3) is 11.8 Å². The van der Waals surface area contributed by atoms with Crippen molar-refractivity contribution in [1.29, 1.82) is 0 Å². The van der Waals surface area contributed by atoms with Crippen LogP contribution < -0.4 is 10.6 Å². The number of morpholine rings is 1. The zero-order chi connectivity index (χ0) is 38.4. The third-order valence-corrected chi connectivity index (χ3v) is 9.00. The Labute approximate surface area is 298 Å². The van der Waals surface area contributed by atoms with Crippen molar-refractivity contribution >= 4 is 29.4 Å². The predicted octanol–water partition coefficient (Wildman–Crippen LogP) is 4.01. The van der Waals surface area contributed by atoms with Crippen molar-refractivity contribution in [3.63, 3.8) is 0 Å². The van der Waals surface area contributed by atoms with Crippen LogP contribution in [0, 0.1) is 11.8 Å². The lowest BCUT2D eigenvalue weighted by Crippen LogP contribution is -2.60. The normalized spacial score (nSPS) is 19.4. The highest BCUT2D eigenvalue weighted by Gasteiger charge is 2.65. The molecule has 4 atom stereocenters. The third kappa shape index (κ3) is 9.50. The molecule has 2 aliphatic heterocycles. The van der Waals surface area contributed by atoms with Gasteiger partial charge in [-0.1, -0.05) is 58.0 Å². The number of alkyl halides is 5. The molecule has 52 heavy (non-hydrogen) atoms. The minimum atomic E-state index is -6.19. The number of ketones is 1. The molecule has 2 aromatic rings. The van der Waals surface area contributed by atoms with Crippen molar-refractivity contribution < 1.29 is 55.4 Å². The minimum Gasteiger partial charge on any atom is -0.378 e. The summed E-state index contributed by atoms with van der Waals surface area (Å²) in [5.74, 6) is -12.7. The maximum Gasteiger partial charge on any atom is 0.461 e. The monoisotopic (exact) mass is 738 g/mol. The molecule has 0 spiro atoms. The molecular weight excluding hydrogens is 695 g/mol. The Hall–Kier alpha value is -4.44. The predicted molar refractivity (Wildman–Crippen MR) is 177 cm³/mol. The topological polar surface area (TPSA) is 134 Å². The molecule has 0 radical (unpaired) electrons. The van der Waals surface area contributed by atoms with E-state index in [0.717, 1.165) is 10.5 Å². The molecule has 2 N–H and O–H groups in total. The number of Topliss-reactive ketones (excluding diaryl/α,β-unsaturated/α-hetero) is 1. The van der Waals surface area contributed by atoms with E-state index in [4.69, 9.17) is 9.47 Å². The molecule has 2 fully saturated rings. The molecular formula is C36H43F5N4O7. The van der Waals surface area contributed by atoms with Gasteiger partial charge in [0.2, 0.25) is 17.6 Å². The van der Waals surface area contributed by atoms with Crippen LogP contribution >= 0.6 is 0 Å². The Balaban J connectivity index is 1.54. The lowest BCUT2D eigenvalue weighted by atomic mass is 9.95. The molecule has 2 aliphatic rings. The van der Waals surface area contributed by atoms with Gasteiger partial charge in [-0.15, -0.1) is 0 Å². The van der Waals surface area contributed by atoms with Gasteiger partial charge in [0.1, 0.15) is 12.1 Å². The van der Waals surface area contributed by atoms with E-state index in [2.05, 4.69) is 5.32 Å². The number of rotatable bonds is 13. The summed E-state index contributed by atoms with van der Waals surface area (Å²) >= 11 is 0. The van der Waals surface area contributed by atoms with Crippen molar-refractivity contribution in [2.75, 3.05) is 32.8 Å². The minimum absolute atomic E-state index is 0.0845. The summed E-state index contributed by atoms with van der Waals surface area (Å²) in [7, 11) is 0. The molecule has 284 valence electrons. The van der Waals surface area contributed by atoms with Crippen LogP contribution in [0.2, 0.25) is 0 Å². The summed E-state index contributed by atoms with van der Waals surface area (Å²) in [4.78, 5) is 69.2. The van der Waals surface area contributed by atoms with Crippen LogP contribution in [0.15, 0.2) is 54.6 Å². The first kappa shape index (κ1) is 40.3. The molecule has 2 heterocycles. The SMILES string of the molecule is CC(C)C(NC(=O)[C@H]1CC(OCc2ccccc2)CN1C(=O)[C@@H](NC(=O)c1ccc(C(=O)N2CCOCC2)cc1)C(C)C)C(=O)C(F)(F)C(F)(F)F. The van der Waals surface area contributed by atoms with Crippen LogP contribution in [-0.2, 0) is 30.5 Å². The van der Waals surface area contributed by atoms with Crippen LogP contribution in [0.3, 0.4) is 0 Å². The van der Waals surface area contributed by atoms with Gasteiger partial charge in [0.05, 0.1) is 32.0 Å². The number of nitrogens with one attached hydrogen (secondary N) is 2. The van der Waals surface area contributed by atoms with Crippen molar-refractivity contribution in [2.24, 2.45) is 11.8 Å². The molecule has 4 rings (SSSR count). The highest BCUT2D eigenvalue weighted by molar-refractivity contribution is 6.01. The van der Waals surface area contributed by atoms with Gasteiger partial charge in [0, 0.05) is 37.2 Å². The molecule has 2 aromatic carbocycles. The summed E-state index contributed by atoms with van der Waals surface area (Å²) in [6.45, 7) is 7.30. The van der Waals surface area contributed by atoms with Crippen LogP contribution in [0.1, 0.15) is 60.4 Å². The van der Waals surface area contributed by atoms with Crippen LogP contribution in [-0.4, -0.2) is 108 Å². The van der Waals surface area contributed by atoms with Crippen molar-refractivity contribution in [3.05, 3.63) is 71.3 Å². The van der Waals surface area contributed by atoms with Crippen molar-refractivity contribution in [1.82, 2.24) is 20.4 Å². The molecule has 4 amide bonds. The van der Waals surface area contributed by atoms with Crippen LogP contribution in [0.4, 0.5) is 22.0 Å². The largest absolute Gasteiger partial charge is 0.461 e. The maximum atomic E-state index is 14.1. The number of halogens is 5. The molecule has 2 saturated heterocycles. The van der Waals surface area contributed by atoms with E-state index in [1.54, 1.807) is 49.1 Å². The van der Waals surface area contributed by atoms with E-state index < -0.39 is 71.7 Å². The maximum absolute atomic E-state index is 14.1. The molecule has 16 heteroatoms. The second-order valence-electron chi connectivity index (χ2n) is 13.5. The van der Waals surface area contributed by atoms with Crippen molar-refractivity contribution in [2.45, 2.75) is 77.1 Å². The standard InChI is InChI=1S/C36H43F5N4O7/c1-21(2)28(30(46)35(37,38)36(39,40)41)42-32(48)27-18-26(52-20-23-8-6-5-7-9-23)19-45(27)34(50)29(22(3)4)43-31(47)24-10-12-25(13-11-24)33(49)44-14-16-51-17-15-44/h5-13,21-22,26-29H,14-20H2,1-4H3,(H,42,48)(H,43,47)/t26?,27-,28?,29+/m1/s1. The third-order valence-electron chi connectivity index (χ3n) is 9.00. The number of likely N-dealkylation sites (tertiary alicyclic amines) is 1.